The lowest BCUT2D eigenvalue weighted by Gasteiger charge is -2.02. The Bertz CT molecular complexity index is 235. The topological polar surface area (TPSA) is 17.1 Å². The zero-order valence-electron chi connectivity index (χ0n) is 6.10. The maximum atomic E-state index is 10.5. The van der Waals surface area contributed by atoms with E-state index in [-0.39, 0.29) is 0 Å². The average Bonchev–Trinajstić information content (AvgIpc) is 2.09. The van der Waals surface area contributed by atoms with Crippen LogP contribution < -0.4 is 5.30 Å². The van der Waals surface area contributed by atoms with Gasteiger partial charge in [0.2, 0.25) is 0 Å². The Kier molecular flexibility index (Phi) is 3.00. The molecule has 0 aliphatic rings. The maximum absolute atomic E-state index is 10.5. The monoisotopic (exact) mass is 164 g/mol. The third-order valence-electron chi connectivity index (χ3n) is 1.36. The highest BCUT2D eigenvalue weighted by Gasteiger charge is 2.02. The first-order chi connectivity index (χ1) is 5.38. The van der Waals surface area contributed by atoms with Crippen molar-refractivity contribution in [1.29, 1.82) is 0 Å². The summed E-state index contributed by atoms with van der Waals surface area (Å²) in [7, 11) is -0.768. The van der Waals surface area contributed by atoms with Crippen LogP contribution in [0.3, 0.4) is 0 Å². The van der Waals surface area contributed by atoms with E-state index in [9.17, 15) is 4.79 Å². The Balaban J connectivity index is 2.90. The zero-order valence-corrected chi connectivity index (χ0v) is 7.00. The summed E-state index contributed by atoms with van der Waals surface area (Å²) in [6, 6.07) is 10.6. The van der Waals surface area contributed by atoms with E-state index in [4.69, 9.17) is 0 Å². The van der Waals surface area contributed by atoms with Crippen molar-refractivity contribution in [2.45, 2.75) is 0 Å². The highest BCUT2D eigenvalue weighted by molar-refractivity contribution is 7.81. The molecule has 0 aromatic heterocycles. The summed E-state index contributed by atoms with van der Waals surface area (Å²) in [5.41, 5.74) is 0. The van der Waals surface area contributed by atoms with Gasteiger partial charge >= 0.3 is 0 Å². The molecule has 0 fully saturated rings. The molecular weight excluding hydrogens is 155 g/mol. The minimum atomic E-state index is -0.768. The molecule has 0 aliphatic carbocycles. The predicted molar refractivity (Wildman–Crippen MR) is 49.9 cm³/mol. The van der Waals surface area contributed by atoms with Gasteiger partial charge in [-0.1, -0.05) is 42.7 Å². The average molecular weight is 164 g/mol. The molecule has 0 saturated heterocycles. The van der Waals surface area contributed by atoms with Gasteiger partial charge in [0.15, 0.2) is 0 Å². The lowest BCUT2D eigenvalue weighted by molar-refractivity contribution is 0.569. The zero-order chi connectivity index (χ0) is 8.10. The minimum absolute atomic E-state index is 0.768. The number of benzene rings is 1. The van der Waals surface area contributed by atoms with Crippen LogP contribution in [0.4, 0.5) is 0 Å². The second-order valence-corrected chi connectivity index (χ2v) is 3.94. The fraction of sp³-hybridized carbons (Fsp3) is 0. The van der Waals surface area contributed by atoms with Crippen LogP contribution in [0.1, 0.15) is 0 Å². The summed E-state index contributed by atoms with van der Waals surface area (Å²) in [6.45, 7) is 3.61. The summed E-state index contributed by atoms with van der Waals surface area (Å²) < 4.78 is 0. The molecule has 0 N–H and O–H groups in total. The summed E-state index contributed by atoms with van der Waals surface area (Å²) in [4.78, 5) is 10.5. The molecule has 0 bridgehead atoms. The van der Waals surface area contributed by atoms with Gasteiger partial charge < -0.3 is 0 Å². The van der Waals surface area contributed by atoms with Crippen molar-refractivity contribution in [3.63, 3.8) is 0 Å². The molecule has 1 atom stereocenters. The van der Waals surface area contributed by atoms with E-state index in [2.05, 4.69) is 6.58 Å². The Morgan fingerprint density at radius 1 is 1.27 bits per heavy atom. The lowest BCUT2D eigenvalue weighted by Crippen LogP contribution is -1.97. The fourth-order valence-corrected chi connectivity index (χ4v) is 1.74. The molecule has 56 valence electrons. The summed E-state index contributed by atoms with van der Waals surface area (Å²) >= 11 is 0. The molecule has 0 radical (unpaired) electrons. The fourth-order valence-electron chi connectivity index (χ4n) is 0.809. The van der Waals surface area contributed by atoms with Gasteiger partial charge in [0.05, 0.1) is 0 Å². The smallest absolute Gasteiger partial charge is 0.150 e. The van der Waals surface area contributed by atoms with E-state index in [1.165, 1.54) is 0 Å². The largest absolute Gasteiger partial charge is 0.298 e. The highest BCUT2D eigenvalue weighted by atomic mass is 31.1. The van der Waals surface area contributed by atoms with Crippen LogP contribution >= 0.6 is 7.92 Å². The van der Waals surface area contributed by atoms with Gasteiger partial charge in [-0.2, -0.15) is 0 Å². The van der Waals surface area contributed by atoms with Crippen molar-refractivity contribution >= 4 is 19.3 Å². The van der Waals surface area contributed by atoms with Gasteiger partial charge in [0.1, 0.15) is 6.03 Å². The predicted octanol–water partition coefficient (Wildman–Crippen LogP) is 2.13. The van der Waals surface area contributed by atoms with Gasteiger partial charge in [-0.25, -0.2) is 0 Å². The van der Waals surface area contributed by atoms with Crippen LogP contribution in [0.25, 0.3) is 0 Å². The molecule has 1 unspecified atom stereocenters. The Morgan fingerprint density at radius 2 is 1.91 bits per heavy atom. The standard InChI is InChI=1S/C9H9OP/c1-2-11(8-10)9-6-4-3-5-7-9/h2-8H,1H2. The van der Waals surface area contributed by atoms with E-state index >= 15 is 0 Å². The van der Waals surface area contributed by atoms with Crippen LogP contribution in [0.5, 0.6) is 0 Å². The van der Waals surface area contributed by atoms with Crippen molar-refractivity contribution < 1.29 is 4.79 Å². The Morgan fingerprint density at radius 3 is 2.36 bits per heavy atom. The molecule has 0 spiro atoms. The van der Waals surface area contributed by atoms with Crippen LogP contribution in [0.15, 0.2) is 42.7 Å². The van der Waals surface area contributed by atoms with Gasteiger partial charge in [0.25, 0.3) is 0 Å². The highest BCUT2D eigenvalue weighted by Crippen LogP contribution is 2.30. The minimum Gasteiger partial charge on any atom is -0.298 e. The van der Waals surface area contributed by atoms with E-state index in [1.807, 2.05) is 30.3 Å². The van der Waals surface area contributed by atoms with Crippen molar-refractivity contribution in [2.24, 2.45) is 0 Å². The SMILES string of the molecule is C=CP(C=O)c1ccccc1. The molecule has 1 rings (SSSR count). The quantitative estimate of drug-likeness (QED) is 0.494. The van der Waals surface area contributed by atoms with Crippen LogP contribution in [0.2, 0.25) is 0 Å². The molecule has 0 aliphatic heterocycles. The van der Waals surface area contributed by atoms with Crippen molar-refractivity contribution in [3.05, 3.63) is 42.7 Å². The maximum Gasteiger partial charge on any atom is 0.150 e. The van der Waals surface area contributed by atoms with Gasteiger partial charge in [0, 0.05) is 7.92 Å². The van der Waals surface area contributed by atoms with Gasteiger partial charge in [-0.15, -0.1) is 0 Å². The third-order valence-corrected chi connectivity index (χ3v) is 2.88. The Hall–Kier alpha value is -0.940. The van der Waals surface area contributed by atoms with E-state index in [1.54, 1.807) is 5.82 Å². The van der Waals surface area contributed by atoms with E-state index in [0.29, 0.717) is 0 Å². The lowest BCUT2D eigenvalue weighted by atomic mass is 10.4. The summed E-state index contributed by atoms with van der Waals surface area (Å²) in [5.74, 6) is 1.71. The molecule has 0 heterocycles. The number of hydrogen-bond donors (Lipinski definition) is 0. The molecule has 11 heavy (non-hydrogen) atoms. The van der Waals surface area contributed by atoms with Crippen molar-refractivity contribution in [2.75, 3.05) is 0 Å². The van der Waals surface area contributed by atoms with Crippen LogP contribution in [0, 0.1) is 0 Å². The second-order valence-electron chi connectivity index (χ2n) is 2.03. The molecule has 1 aromatic carbocycles. The first-order valence-corrected chi connectivity index (χ1v) is 4.77. The molecule has 1 aromatic rings. The number of rotatable bonds is 3. The first kappa shape index (κ1) is 8.16. The Labute approximate surface area is 67.5 Å². The first-order valence-electron chi connectivity index (χ1n) is 3.29. The number of carbonyl (C=O) groups is 1. The normalized spacial score (nSPS) is 12.0. The summed E-state index contributed by atoms with van der Waals surface area (Å²) in [5, 5.41) is 1.06. The molecule has 1 nitrogen and oxygen atoms in total. The molecule has 0 saturated carbocycles. The third kappa shape index (κ3) is 1.99. The number of hydrogen-bond acceptors (Lipinski definition) is 1. The molecule has 2 heteroatoms. The van der Waals surface area contributed by atoms with Gasteiger partial charge in [-0.3, -0.25) is 4.79 Å². The van der Waals surface area contributed by atoms with E-state index in [0.717, 1.165) is 11.3 Å². The van der Waals surface area contributed by atoms with Crippen LogP contribution in [-0.4, -0.2) is 6.03 Å². The van der Waals surface area contributed by atoms with Gasteiger partial charge in [-0.05, 0) is 5.30 Å². The molecular formula is C9H9OP. The summed E-state index contributed by atoms with van der Waals surface area (Å²) in [6.07, 6.45) is 0. The second kappa shape index (κ2) is 4.05. The van der Waals surface area contributed by atoms with Crippen LogP contribution in [-0.2, 0) is 4.79 Å². The number of carbonyl (C=O) groups excluding carboxylic acids is 1. The van der Waals surface area contributed by atoms with E-state index < -0.39 is 7.92 Å². The molecule has 0 amide bonds. The van der Waals surface area contributed by atoms with Crippen molar-refractivity contribution in [1.82, 2.24) is 0 Å². The van der Waals surface area contributed by atoms with Crippen molar-refractivity contribution in [3.8, 4) is 0 Å².